The Morgan fingerprint density at radius 3 is 2.94 bits per heavy atom. The van der Waals surface area contributed by atoms with Crippen LogP contribution in [0.3, 0.4) is 0 Å². The van der Waals surface area contributed by atoms with E-state index in [4.69, 9.17) is 10.5 Å². The molecule has 0 spiro atoms. The molecule has 0 radical (unpaired) electrons. The van der Waals surface area contributed by atoms with Crippen LogP contribution in [0.2, 0.25) is 0 Å². The normalized spacial score (nSPS) is 10.4. The van der Waals surface area contributed by atoms with E-state index in [-0.39, 0.29) is 6.61 Å². The number of nitrogens with two attached hydrogens (primary N) is 1. The molecule has 6 nitrogen and oxygen atoms in total. The smallest absolute Gasteiger partial charge is 0.212 e. The summed E-state index contributed by atoms with van der Waals surface area (Å²) < 4.78 is 5.56. The highest BCUT2D eigenvalue weighted by Crippen LogP contribution is 2.23. The molecule has 1 aromatic heterocycles. The maximum absolute atomic E-state index is 5.77. The Morgan fingerprint density at radius 2 is 2.25 bits per heavy atom. The standard InChI is InChI=1S/C10H13N5O/c1-7-8(11)4-3-5-9(7)16-6-10-12-14-15(2)13-10/h3-5H,6,11H2,1-2H3. The van der Waals surface area contributed by atoms with Gasteiger partial charge >= 0.3 is 0 Å². The number of benzene rings is 1. The molecule has 0 unspecified atom stereocenters. The molecule has 1 heterocycles. The largest absolute Gasteiger partial charge is 0.485 e. The third-order valence-corrected chi connectivity index (χ3v) is 2.23. The van der Waals surface area contributed by atoms with Crippen molar-refractivity contribution in [2.24, 2.45) is 7.05 Å². The average molecular weight is 219 g/mol. The Morgan fingerprint density at radius 1 is 1.44 bits per heavy atom. The number of aryl methyl sites for hydroxylation is 1. The fourth-order valence-corrected chi connectivity index (χ4v) is 1.31. The van der Waals surface area contributed by atoms with Gasteiger partial charge in [-0.15, -0.1) is 10.2 Å². The number of tetrazole rings is 1. The Bertz CT molecular complexity index is 494. The first-order valence-electron chi connectivity index (χ1n) is 4.87. The Hall–Kier alpha value is -2.11. The van der Waals surface area contributed by atoms with Crippen LogP contribution in [-0.2, 0) is 13.7 Å². The lowest BCUT2D eigenvalue weighted by Gasteiger charge is -2.08. The number of nitrogens with zero attached hydrogens (tertiary/aromatic N) is 4. The monoisotopic (exact) mass is 219 g/mol. The van der Waals surface area contributed by atoms with Gasteiger partial charge in [0.15, 0.2) is 6.61 Å². The summed E-state index contributed by atoms with van der Waals surface area (Å²) in [5.41, 5.74) is 7.40. The van der Waals surface area contributed by atoms with Crippen LogP contribution < -0.4 is 10.5 Å². The quantitative estimate of drug-likeness (QED) is 0.768. The van der Waals surface area contributed by atoms with E-state index in [0.29, 0.717) is 11.5 Å². The van der Waals surface area contributed by atoms with Crippen molar-refractivity contribution in [2.45, 2.75) is 13.5 Å². The van der Waals surface area contributed by atoms with Gasteiger partial charge in [0, 0.05) is 11.3 Å². The third-order valence-electron chi connectivity index (χ3n) is 2.23. The van der Waals surface area contributed by atoms with Crippen molar-refractivity contribution >= 4 is 5.69 Å². The van der Waals surface area contributed by atoms with E-state index in [1.165, 1.54) is 4.80 Å². The number of rotatable bonds is 3. The number of anilines is 1. The fourth-order valence-electron chi connectivity index (χ4n) is 1.31. The zero-order valence-corrected chi connectivity index (χ0v) is 9.21. The van der Waals surface area contributed by atoms with Crippen LogP contribution >= 0.6 is 0 Å². The van der Waals surface area contributed by atoms with Gasteiger partial charge in [0.25, 0.3) is 0 Å². The van der Waals surface area contributed by atoms with Gasteiger partial charge in [0.1, 0.15) is 5.75 Å². The van der Waals surface area contributed by atoms with Crippen LogP contribution in [0.5, 0.6) is 5.75 Å². The van der Waals surface area contributed by atoms with Gasteiger partial charge in [-0.05, 0) is 24.3 Å². The molecular formula is C10H13N5O. The van der Waals surface area contributed by atoms with Gasteiger partial charge in [-0.25, -0.2) is 0 Å². The van der Waals surface area contributed by atoms with Crippen molar-refractivity contribution in [3.63, 3.8) is 0 Å². The number of hydrogen-bond acceptors (Lipinski definition) is 5. The van der Waals surface area contributed by atoms with Crippen LogP contribution in [0.15, 0.2) is 18.2 Å². The van der Waals surface area contributed by atoms with Crippen LogP contribution in [0, 0.1) is 6.92 Å². The van der Waals surface area contributed by atoms with Crippen LogP contribution in [0.4, 0.5) is 5.69 Å². The van der Waals surface area contributed by atoms with Crippen molar-refractivity contribution in [1.82, 2.24) is 20.2 Å². The number of ether oxygens (including phenoxy) is 1. The molecule has 0 saturated carbocycles. The van der Waals surface area contributed by atoms with Crippen molar-refractivity contribution in [3.8, 4) is 5.75 Å². The Labute approximate surface area is 93.0 Å². The molecule has 0 saturated heterocycles. The van der Waals surface area contributed by atoms with Crippen molar-refractivity contribution < 1.29 is 4.74 Å². The van der Waals surface area contributed by atoms with E-state index in [9.17, 15) is 0 Å². The minimum atomic E-state index is 0.290. The van der Waals surface area contributed by atoms with Crippen LogP contribution in [0.25, 0.3) is 0 Å². The fraction of sp³-hybridized carbons (Fsp3) is 0.300. The molecule has 2 N–H and O–H groups in total. The summed E-state index contributed by atoms with van der Waals surface area (Å²) in [7, 11) is 1.71. The topological polar surface area (TPSA) is 78.9 Å². The number of nitrogen functional groups attached to an aromatic ring is 1. The summed E-state index contributed by atoms with van der Waals surface area (Å²) in [5, 5.41) is 11.6. The van der Waals surface area contributed by atoms with Crippen LogP contribution in [0.1, 0.15) is 11.4 Å². The maximum atomic E-state index is 5.77. The van der Waals surface area contributed by atoms with Gasteiger partial charge in [0.2, 0.25) is 5.82 Å². The van der Waals surface area contributed by atoms with Gasteiger partial charge in [-0.1, -0.05) is 6.07 Å². The van der Waals surface area contributed by atoms with Crippen molar-refractivity contribution in [3.05, 3.63) is 29.6 Å². The maximum Gasteiger partial charge on any atom is 0.212 e. The minimum Gasteiger partial charge on any atom is -0.485 e. The zero-order chi connectivity index (χ0) is 11.5. The molecule has 16 heavy (non-hydrogen) atoms. The third kappa shape index (κ3) is 2.10. The predicted octanol–water partition coefficient (Wildman–Crippen LogP) is 0.680. The molecule has 2 rings (SSSR count). The number of hydrogen-bond donors (Lipinski definition) is 1. The summed E-state index contributed by atoms with van der Waals surface area (Å²) in [6.45, 7) is 2.20. The second-order valence-corrected chi connectivity index (χ2v) is 3.45. The molecule has 0 aliphatic heterocycles. The molecule has 2 aromatic rings. The first kappa shape index (κ1) is 10.4. The molecule has 0 fully saturated rings. The molecule has 0 bridgehead atoms. The lowest BCUT2D eigenvalue weighted by molar-refractivity contribution is 0.293. The summed E-state index contributed by atoms with van der Waals surface area (Å²) in [4.78, 5) is 1.39. The molecule has 1 aromatic carbocycles. The molecule has 0 atom stereocenters. The lowest BCUT2D eigenvalue weighted by Crippen LogP contribution is -2.01. The summed E-state index contributed by atoms with van der Waals surface area (Å²) in [6.07, 6.45) is 0. The average Bonchev–Trinajstić information content (AvgIpc) is 2.67. The van der Waals surface area contributed by atoms with Gasteiger partial charge < -0.3 is 10.5 Å². The van der Waals surface area contributed by atoms with E-state index in [1.54, 1.807) is 7.05 Å². The van der Waals surface area contributed by atoms with Crippen molar-refractivity contribution in [2.75, 3.05) is 5.73 Å². The molecule has 0 amide bonds. The molecule has 0 aliphatic rings. The highest BCUT2D eigenvalue weighted by molar-refractivity contribution is 5.53. The van der Waals surface area contributed by atoms with Gasteiger partial charge in [-0.3, -0.25) is 0 Å². The molecule has 6 heteroatoms. The summed E-state index contributed by atoms with van der Waals surface area (Å²) in [6, 6.07) is 5.55. The Balaban J connectivity index is 2.07. The first-order valence-corrected chi connectivity index (χ1v) is 4.87. The van der Waals surface area contributed by atoms with Crippen molar-refractivity contribution in [1.29, 1.82) is 0 Å². The van der Waals surface area contributed by atoms with Crippen LogP contribution in [-0.4, -0.2) is 20.2 Å². The first-order chi connectivity index (χ1) is 7.66. The van der Waals surface area contributed by atoms with Gasteiger partial charge in [0.05, 0.1) is 7.05 Å². The highest BCUT2D eigenvalue weighted by atomic mass is 16.5. The lowest BCUT2D eigenvalue weighted by atomic mass is 10.2. The summed E-state index contributed by atoms with van der Waals surface area (Å²) >= 11 is 0. The van der Waals surface area contributed by atoms with E-state index >= 15 is 0 Å². The predicted molar refractivity (Wildman–Crippen MR) is 58.7 cm³/mol. The summed E-state index contributed by atoms with van der Waals surface area (Å²) in [5.74, 6) is 1.29. The molecular weight excluding hydrogens is 206 g/mol. The second-order valence-electron chi connectivity index (χ2n) is 3.45. The second kappa shape index (κ2) is 4.18. The highest BCUT2D eigenvalue weighted by Gasteiger charge is 2.05. The minimum absolute atomic E-state index is 0.290. The SMILES string of the molecule is Cc1c(N)cccc1OCc1nnn(C)n1. The molecule has 84 valence electrons. The van der Waals surface area contributed by atoms with E-state index in [2.05, 4.69) is 15.4 Å². The van der Waals surface area contributed by atoms with E-state index in [1.807, 2.05) is 25.1 Å². The van der Waals surface area contributed by atoms with E-state index < -0.39 is 0 Å². The van der Waals surface area contributed by atoms with Gasteiger partial charge in [-0.2, -0.15) is 4.80 Å². The molecule has 0 aliphatic carbocycles. The zero-order valence-electron chi connectivity index (χ0n) is 9.21. The Kier molecular flexibility index (Phi) is 2.72. The van der Waals surface area contributed by atoms with E-state index in [0.717, 1.165) is 11.3 Å². The number of aromatic nitrogens is 4.